The van der Waals surface area contributed by atoms with Gasteiger partial charge in [0.2, 0.25) is 5.95 Å². The third kappa shape index (κ3) is 3.19. The second-order valence-electron chi connectivity index (χ2n) is 10.0. The molecule has 1 atom stereocenters. The second kappa shape index (κ2) is 7.43. The molecule has 4 heterocycles. The van der Waals surface area contributed by atoms with Crippen molar-refractivity contribution in [3.8, 4) is 0 Å². The Morgan fingerprint density at radius 3 is 2.44 bits per heavy atom. The Bertz CT molecular complexity index is 1410. The lowest BCUT2D eigenvalue weighted by Crippen LogP contribution is -2.70. The van der Waals surface area contributed by atoms with Crippen LogP contribution in [0.25, 0.3) is 11.0 Å². The molecule has 36 heavy (non-hydrogen) atoms. The summed E-state index contributed by atoms with van der Waals surface area (Å²) in [6.45, 7) is 1.02. The van der Waals surface area contributed by atoms with Crippen LogP contribution in [0, 0.1) is 5.41 Å². The first-order valence-corrected chi connectivity index (χ1v) is 11.4. The molecule has 2 bridgehead atoms. The quantitative estimate of drug-likeness (QED) is 0.498. The molecule has 0 N–H and O–H groups in total. The fourth-order valence-electron chi connectivity index (χ4n) is 5.84. The van der Waals surface area contributed by atoms with Crippen molar-refractivity contribution in [3.63, 3.8) is 0 Å². The molecule has 3 aliphatic carbocycles. The SMILES string of the molecule is Cn1cc([C@H]2CN(c3nc(C45CC(C(F)(F)F)(C4)C5)c4nc(C(F)F)n(C)c(=O)c4n3)CCO2)cn1. The van der Waals surface area contributed by atoms with Gasteiger partial charge in [-0.15, -0.1) is 0 Å². The summed E-state index contributed by atoms with van der Waals surface area (Å²) in [5.41, 5.74) is -2.93. The third-order valence-electron chi connectivity index (χ3n) is 7.72. The van der Waals surface area contributed by atoms with Crippen molar-refractivity contribution in [1.29, 1.82) is 0 Å². The molecule has 7 rings (SSSR count). The normalized spacial score (nSPS) is 27.9. The number of ether oxygens (including phenoxy) is 1. The number of fused-ring (bicyclic) bond motifs is 1. The zero-order valence-electron chi connectivity index (χ0n) is 19.4. The summed E-state index contributed by atoms with van der Waals surface area (Å²) in [5.74, 6) is -0.630. The number of aromatic nitrogens is 6. The van der Waals surface area contributed by atoms with E-state index in [-0.39, 0.29) is 48.0 Å². The van der Waals surface area contributed by atoms with Crippen LogP contribution in [0.15, 0.2) is 17.2 Å². The first kappa shape index (κ1) is 23.3. The van der Waals surface area contributed by atoms with Crippen LogP contribution in [0.4, 0.5) is 27.9 Å². The summed E-state index contributed by atoms with van der Waals surface area (Å²) >= 11 is 0. The summed E-state index contributed by atoms with van der Waals surface area (Å²) in [5, 5.41) is 4.15. The van der Waals surface area contributed by atoms with E-state index in [1.807, 2.05) is 6.20 Å². The number of morpholine rings is 1. The Kier molecular flexibility index (Phi) is 4.80. The van der Waals surface area contributed by atoms with Crippen LogP contribution < -0.4 is 10.5 Å². The van der Waals surface area contributed by atoms with Crippen molar-refractivity contribution in [2.75, 3.05) is 24.6 Å². The maximum absolute atomic E-state index is 13.6. The van der Waals surface area contributed by atoms with Crippen LogP contribution in [-0.2, 0) is 24.2 Å². The van der Waals surface area contributed by atoms with Crippen molar-refractivity contribution in [2.24, 2.45) is 19.5 Å². The number of nitrogens with zero attached hydrogens (tertiary/aromatic N) is 7. The Labute approximate surface area is 200 Å². The second-order valence-corrected chi connectivity index (χ2v) is 10.0. The van der Waals surface area contributed by atoms with E-state index in [0.29, 0.717) is 19.7 Å². The zero-order chi connectivity index (χ0) is 25.6. The molecule has 1 saturated heterocycles. The van der Waals surface area contributed by atoms with Crippen LogP contribution in [0.3, 0.4) is 0 Å². The molecule has 9 nitrogen and oxygen atoms in total. The Morgan fingerprint density at radius 1 is 1.11 bits per heavy atom. The van der Waals surface area contributed by atoms with E-state index in [1.54, 1.807) is 22.8 Å². The first-order valence-electron chi connectivity index (χ1n) is 11.4. The van der Waals surface area contributed by atoms with Crippen LogP contribution in [-0.4, -0.2) is 55.2 Å². The van der Waals surface area contributed by atoms with E-state index in [0.717, 1.165) is 10.1 Å². The van der Waals surface area contributed by atoms with Gasteiger partial charge in [0.25, 0.3) is 12.0 Å². The van der Waals surface area contributed by atoms with E-state index in [2.05, 4.69) is 20.1 Å². The molecule has 3 saturated carbocycles. The largest absolute Gasteiger partial charge is 0.394 e. The standard InChI is InChI=1S/C22H22F5N7O2/c1-32-6-11(5-28-32)12-7-34(3-4-36-12)19-30-14-13(29-17(16(23)24)33(2)18(14)35)15(31-19)20-8-21(9-20,10-20)22(25,26)27/h5-6,12,16H,3-4,7-10H2,1-2H3/t12-,20?,21?/m1/s1. The highest BCUT2D eigenvalue weighted by atomic mass is 19.4. The highest BCUT2D eigenvalue weighted by Gasteiger charge is 2.79. The summed E-state index contributed by atoms with van der Waals surface area (Å²) < 4.78 is 76.1. The Balaban J connectivity index is 1.46. The van der Waals surface area contributed by atoms with Gasteiger partial charge in [0.15, 0.2) is 11.3 Å². The van der Waals surface area contributed by atoms with Gasteiger partial charge in [0.05, 0.1) is 30.5 Å². The summed E-state index contributed by atoms with van der Waals surface area (Å²) in [4.78, 5) is 27.8. The van der Waals surface area contributed by atoms with Gasteiger partial charge in [-0.3, -0.25) is 14.0 Å². The van der Waals surface area contributed by atoms with Gasteiger partial charge in [-0.25, -0.2) is 23.7 Å². The molecular formula is C22H22F5N7O2. The minimum atomic E-state index is -4.36. The molecule has 3 aromatic rings. The van der Waals surface area contributed by atoms with Gasteiger partial charge in [0.1, 0.15) is 11.6 Å². The molecule has 1 aliphatic heterocycles. The predicted octanol–water partition coefficient (Wildman–Crippen LogP) is 2.96. The van der Waals surface area contributed by atoms with Crippen molar-refractivity contribution in [3.05, 3.63) is 39.8 Å². The van der Waals surface area contributed by atoms with E-state index in [1.165, 1.54) is 7.05 Å². The molecule has 14 heteroatoms. The van der Waals surface area contributed by atoms with Crippen LogP contribution in [0.5, 0.6) is 0 Å². The number of halogens is 5. The molecule has 0 spiro atoms. The molecular weight excluding hydrogens is 489 g/mol. The molecule has 4 fully saturated rings. The number of alkyl halides is 5. The Hall–Kier alpha value is -3.16. The molecule has 0 aromatic carbocycles. The topological polar surface area (TPSA) is 91.0 Å². The number of hydrogen-bond donors (Lipinski definition) is 0. The van der Waals surface area contributed by atoms with Crippen LogP contribution in [0.2, 0.25) is 0 Å². The van der Waals surface area contributed by atoms with Crippen molar-refractivity contribution in [1.82, 2.24) is 29.3 Å². The lowest BCUT2D eigenvalue weighted by molar-refractivity contribution is -0.337. The summed E-state index contributed by atoms with van der Waals surface area (Å²) in [6.07, 6.45) is -4.92. The average Bonchev–Trinajstić information content (AvgIpc) is 3.19. The van der Waals surface area contributed by atoms with Gasteiger partial charge in [-0.2, -0.15) is 18.3 Å². The molecule has 4 aliphatic rings. The highest BCUT2D eigenvalue weighted by Crippen LogP contribution is 2.78. The summed E-state index contributed by atoms with van der Waals surface area (Å²) in [7, 11) is 2.95. The fraction of sp³-hybridized carbons (Fsp3) is 0.591. The van der Waals surface area contributed by atoms with Crippen molar-refractivity contribution < 1.29 is 26.7 Å². The van der Waals surface area contributed by atoms with E-state index in [4.69, 9.17) is 4.74 Å². The van der Waals surface area contributed by atoms with Crippen LogP contribution >= 0.6 is 0 Å². The number of hydrogen-bond acceptors (Lipinski definition) is 7. The molecule has 192 valence electrons. The first-order chi connectivity index (χ1) is 16.9. The molecule has 0 radical (unpaired) electrons. The Morgan fingerprint density at radius 2 is 1.83 bits per heavy atom. The molecule has 0 unspecified atom stereocenters. The minimum Gasteiger partial charge on any atom is -0.370 e. The third-order valence-corrected chi connectivity index (χ3v) is 7.72. The average molecular weight is 511 g/mol. The number of rotatable bonds is 4. The highest BCUT2D eigenvalue weighted by molar-refractivity contribution is 5.79. The van der Waals surface area contributed by atoms with Crippen molar-refractivity contribution >= 4 is 17.0 Å². The smallest absolute Gasteiger partial charge is 0.370 e. The van der Waals surface area contributed by atoms with Gasteiger partial charge in [0, 0.05) is 37.8 Å². The van der Waals surface area contributed by atoms with Crippen LogP contribution in [0.1, 0.15) is 48.9 Å². The predicted molar refractivity (Wildman–Crippen MR) is 116 cm³/mol. The minimum absolute atomic E-state index is 0.137. The molecule has 3 aromatic heterocycles. The van der Waals surface area contributed by atoms with Gasteiger partial charge in [-0.1, -0.05) is 0 Å². The van der Waals surface area contributed by atoms with E-state index < -0.39 is 34.8 Å². The lowest BCUT2D eigenvalue weighted by Gasteiger charge is -2.70. The van der Waals surface area contributed by atoms with Crippen molar-refractivity contribution in [2.45, 2.75) is 43.4 Å². The zero-order valence-corrected chi connectivity index (χ0v) is 19.4. The van der Waals surface area contributed by atoms with Gasteiger partial charge < -0.3 is 9.64 Å². The van der Waals surface area contributed by atoms with E-state index >= 15 is 0 Å². The lowest BCUT2D eigenvalue weighted by atomic mass is 9.34. The summed E-state index contributed by atoms with van der Waals surface area (Å²) in [6, 6.07) is 0. The van der Waals surface area contributed by atoms with Gasteiger partial charge >= 0.3 is 6.18 Å². The fourth-order valence-corrected chi connectivity index (χ4v) is 5.84. The van der Waals surface area contributed by atoms with E-state index in [9.17, 15) is 26.7 Å². The number of aryl methyl sites for hydroxylation is 1. The monoisotopic (exact) mass is 511 g/mol. The maximum atomic E-state index is 13.6. The molecule has 0 amide bonds. The number of anilines is 1. The maximum Gasteiger partial charge on any atom is 0.394 e. The van der Waals surface area contributed by atoms with Gasteiger partial charge in [-0.05, 0) is 19.3 Å².